The maximum Gasteiger partial charge on any atom is 0.157 e. The van der Waals surface area contributed by atoms with Crippen LogP contribution in [0.15, 0.2) is 18.5 Å². The largest absolute Gasteiger partial charge is 0.359 e. The van der Waals surface area contributed by atoms with Gasteiger partial charge in [0.25, 0.3) is 0 Å². The molecule has 0 atom stereocenters. The molecule has 0 bridgehead atoms. The third kappa shape index (κ3) is 1.97. The first-order valence-corrected chi connectivity index (χ1v) is 5.92. The van der Waals surface area contributed by atoms with E-state index in [0.717, 1.165) is 23.3 Å². The van der Waals surface area contributed by atoms with E-state index in [-0.39, 0.29) is 0 Å². The number of hydrogen-bond donors (Lipinski definition) is 0. The second-order valence-corrected chi connectivity index (χ2v) is 4.32. The Bertz CT molecular complexity index is 465. The third-order valence-corrected chi connectivity index (χ3v) is 2.67. The quantitative estimate of drug-likeness (QED) is 0.797. The number of hydrogen-bond acceptors (Lipinski definition) is 3. The second kappa shape index (κ2) is 4.18. The van der Waals surface area contributed by atoms with Gasteiger partial charge in [-0.25, -0.2) is 4.98 Å². The minimum Gasteiger partial charge on any atom is -0.359 e. The molecule has 0 spiro atoms. The molecule has 0 amide bonds. The zero-order valence-electron chi connectivity index (χ0n) is 8.81. The predicted octanol–water partition coefficient (Wildman–Crippen LogP) is 1.87. The van der Waals surface area contributed by atoms with Crippen molar-refractivity contribution in [1.29, 1.82) is 0 Å². The molecular formula is C10H13BrN4. The zero-order valence-corrected chi connectivity index (χ0v) is 10.4. The zero-order chi connectivity index (χ0) is 10.8. The number of aryl methyl sites for hydroxylation is 1. The van der Waals surface area contributed by atoms with E-state index in [1.165, 1.54) is 5.56 Å². The van der Waals surface area contributed by atoms with Crippen molar-refractivity contribution in [2.24, 2.45) is 0 Å². The maximum atomic E-state index is 4.21. The fourth-order valence-electron chi connectivity index (χ4n) is 1.55. The fraction of sp³-hybridized carbons (Fsp3) is 0.400. The number of alkyl halides is 1. The summed E-state index contributed by atoms with van der Waals surface area (Å²) in [5, 5.41) is 5.15. The predicted molar refractivity (Wildman–Crippen MR) is 64.8 cm³/mol. The van der Waals surface area contributed by atoms with Crippen LogP contribution in [-0.4, -0.2) is 33.5 Å². The highest BCUT2D eigenvalue weighted by Gasteiger charge is 2.07. The summed E-state index contributed by atoms with van der Waals surface area (Å²) in [6, 6.07) is 4.14. The molecule has 0 aliphatic carbocycles. The van der Waals surface area contributed by atoms with Crippen LogP contribution in [0.3, 0.4) is 0 Å². The summed E-state index contributed by atoms with van der Waals surface area (Å²) in [5.41, 5.74) is 2.10. The van der Waals surface area contributed by atoms with Crippen molar-refractivity contribution < 1.29 is 0 Å². The highest BCUT2D eigenvalue weighted by atomic mass is 79.9. The lowest BCUT2D eigenvalue weighted by Crippen LogP contribution is -2.22. The standard InChI is InChI=1S/C10H13BrN4/c1-8-5-9-12-7-13-15(9)10(6-8)14(2)4-3-11/h5-7H,3-4H2,1-2H3. The Labute approximate surface area is 97.0 Å². The van der Waals surface area contributed by atoms with E-state index in [1.807, 2.05) is 10.6 Å². The molecular weight excluding hydrogens is 256 g/mol. The number of pyridine rings is 1. The summed E-state index contributed by atoms with van der Waals surface area (Å²) >= 11 is 3.43. The summed E-state index contributed by atoms with van der Waals surface area (Å²) in [5.74, 6) is 1.07. The minimum atomic E-state index is 0.895. The van der Waals surface area contributed by atoms with E-state index in [4.69, 9.17) is 0 Å². The molecule has 0 aliphatic heterocycles. The fourth-order valence-corrected chi connectivity index (χ4v) is 2.08. The highest BCUT2D eigenvalue weighted by Crippen LogP contribution is 2.16. The number of anilines is 1. The van der Waals surface area contributed by atoms with E-state index >= 15 is 0 Å². The molecule has 80 valence electrons. The molecule has 0 fully saturated rings. The molecule has 2 heterocycles. The van der Waals surface area contributed by atoms with Crippen LogP contribution in [0, 0.1) is 6.92 Å². The first-order chi connectivity index (χ1) is 7.22. The molecule has 0 aliphatic rings. The van der Waals surface area contributed by atoms with Crippen LogP contribution in [0.2, 0.25) is 0 Å². The van der Waals surface area contributed by atoms with Crippen LogP contribution in [0.5, 0.6) is 0 Å². The van der Waals surface area contributed by atoms with Gasteiger partial charge in [0, 0.05) is 18.9 Å². The number of fused-ring (bicyclic) bond motifs is 1. The molecule has 0 aromatic carbocycles. The average molecular weight is 269 g/mol. The topological polar surface area (TPSA) is 33.4 Å². The third-order valence-electron chi connectivity index (χ3n) is 2.32. The van der Waals surface area contributed by atoms with E-state index in [9.17, 15) is 0 Å². The Balaban J connectivity index is 2.52. The first-order valence-electron chi connectivity index (χ1n) is 4.80. The van der Waals surface area contributed by atoms with Gasteiger partial charge in [-0.2, -0.15) is 9.61 Å². The van der Waals surface area contributed by atoms with Gasteiger partial charge in [-0.05, 0) is 24.6 Å². The molecule has 0 saturated heterocycles. The van der Waals surface area contributed by atoms with E-state index in [0.29, 0.717) is 0 Å². The van der Waals surface area contributed by atoms with Gasteiger partial charge >= 0.3 is 0 Å². The van der Waals surface area contributed by atoms with Crippen LogP contribution >= 0.6 is 15.9 Å². The Morgan fingerprint density at radius 3 is 3.00 bits per heavy atom. The molecule has 2 rings (SSSR count). The number of nitrogens with zero attached hydrogens (tertiary/aromatic N) is 4. The molecule has 2 aromatic heterocycles. The highest BCUT2D eigenvalue weighted by molar-refractivity contribution is 9.09. The monoisotopic (exact) mass is 268 g/mol. The van der Waals surface area contributed by atoms with Gasteiger partial charge in [0.2, 0.25) is 0 Å². The smallest absolute Gasteiger partial charge is 0.157 e. The lowest BCUT2D eigenvalue weighted by Gasteiger charge is -2.18. The van der Waals surface area contributed by atoms with Gasteiger partial charge < -0.3 is 4.90 Å². The van der Waals surface area contributed by atoms with E-state index in [1.54, 1.807) is 6.33 Å². The van der Waals surface area contributed by atoms with Gasteiger partial charge in [-0.3, -0.25) is 0 Å². The SMILES string of the molecule is Cc1cc(N(C)CCBr)n2ncnc2c1. The molecule has 0 N–H and O–H groups in total. The number of aromatic nitrogens is 3. The van der Waals surface area contributed by atoms with Crippen LogP contribution in [-0.2, 0) is 0 Å². The Hall–Kier alpha value is -1.10. The minimum absolute atomic E-state index is 0.895. The second-order valence-electron chi connectivity index (χ2n) is 3.53. The lowest BCUT2D eigenvalue weighted by molar-refractivity contribution is 0.868. The summed E-state index contributed by atoms with van der Waals surface area (Å²) < 4.78 is 1.86. The first kappa shape index (κ1) is 10.4. The van der Waals surface area contributed by atoms with E-state index in [2.05, 4.69) is 51.0 Å². The Morgan fingerprint density at radius 2 is 2.27 bits per heavy atom. The summed E-state index contributed by atoms with van der Waals surface area (Å²) in [6.45, 7) is 3.01. The average Bonchev–Trinajstić information content (AvgIpc) is 2.64. The van der Waals surface area contributed by atoms with Crippen LogP contribution in [0.1, 0.15) is 5.56 Å². The van der Waals surface area contributed by atoms with Crippen molar-refractivity contribution in [1.82, 2.24) is 14.6 Å². The van der Waals surface area contributed by atoms with Crippen molar-refractivity contribution >= 4 is 27.4 Å². The Morgan fingerprint density at radius 1 is 1.47 bits per heavy atom. The number of rotatable bonds is 3. The normalized spacial score (nSPS) is 10.9. The summed E-state index contributed by atoms with van der Waals surface area (Å²) in [4.78, 5) is 6.35. The van der Waals surface area contributed by atoms with Crippen LogP contribution in [0.25, 0.3) is 5.65 Å². The van der Waals surface area contributed by atoms with Gasteiger partial charge in [-0.15, -0.1) is 0 Å². The van der Waals surface area contributed by atoms with Gasteiger partial charge in [-0.1, -0.05) is 15.9 Å². The van der Waals surface area contributed by atoms with Crippen molar-refractivity contribution in [2.45, 2.75) is 6.92 Å². The maximum absolute atomic E-state index is 4.21. The van der Waals surface area contributed by atoms with Crippen LogP contribution < -0.4 is 4.90 Å². The summed E-state index contributed by atoms with van der Waals surface area (Å²) in [6.07, 6.45) is 1.58. The van der Waals surface area contributed by atoms with Gasteiger partial charge in [0.15, 0.2) is 5.65 Å². The van der Waals surface area contributed by atoms with Gasteiger partial charge in [0.1, 0.15) is 12.1 Å². The van der Waals surface area contributed by atoms with Crippen molar-refractivity contribution in [3.05, 3.63) is 24.0 Å². The van der Waals surface area contributed by atoms with E-state index < -0.39 is 0 Å². The molecule has 15 heavy (non-hydrogen) atoms. The van der Waals surface area contributed by atoms with Crippen molar-refractivity contribution in [3.63, 3.8) is 0 Å². The Kier molecular flexibility index (Phi) is 2.90. The molecule has 0 unspecified atom stereocenters. The van der Waals surface area contributed by atoms with Crippen molar-refractivity contribution in [2.75, 3.05) is 23.8 Å². The molecule has 4 nitrogen and oxygen atoms in total. The van der Waals surface area contributed by atoms with Crippen molar-refractivity contribution in [3.8, 4) is 0 Å². The molecule has 0 radical (unpaired) electrons. The lowest BCUT2D eigenvalue weighted by atomic mass is 10.3. The molecule has 0 saturated carbocycles. The molecule has 5 heteroatoms. The summed E-state index contributed by atoms with van der Waals surface area (Å²) in [7, 11) is 2.05. The van der Waals surface area contributed by atoms with Gasteiger partial charge in [0.05, 0.1) is 0 Å². The molecule has 2 aromatic rings. The van der Waals surface area contributed by atoms with Crippen LogP contribution in [0.4, 0.5) is 5.82 Å². The number of halogens is 1.